The first-order valence-electron chi connectivity index (χ1n) is 7.67. The molecule has 4 aliphatic carbocycles. The van der Waals surface area contributed by atoms with Crippen molar-refractivity contribution in [3.05, 3.63) is 0 Å². The topological polar surface area (TPSA) is 40.6 Å². The number of hydrogen-bond acceptors (Lipinski definition) is 2. The Bertz CT molecular complexity index is 484. The number of amides is 3. The maximum absolute atomic E-state index is 12.6. The Morgan fingerprint density at radius 3 is 2.15 bits per heavy atom. The minimum Gasteiger partial charge on any atom is -0.304 e. The van der Waals surface area contributed by atoms with Crippen molar-refractivity contribution in [3.8, 4) is 12.3 Å². The second-order valence-electron chi connectivity index (χ2n) is 7.21. The number of imide groups is 1. The van der Waals surface area contributed by atoms with Gasteiger partial charge in [-0.3, -0.25) is 9.69 Å². The highest BCUT2D eigenvalue weighted by molar-refractivity contribution is 6.03. The van der Waals surface area contributed by atoms with Crippen LogP contribution in [0.4, 0.5) is 4.79 Å². The smallest absolute Gasteiger partial charge is 0.304 e. The summed E-state index contributed by atoms with van der Waals surface area (Å²) in [6.07, 6.45) is 12.3. The summed E-state index contributed by atoms with van der Waals surface area (Å²) in [5.74, 6) is 4.62. The van der Waals surface area contributed by atoms with Crippen LogP contribution >= 0.6 is 0 Å². The van der Waals surface area contributed by atoms with Crippen molar-refractivity contribution in [3.63, 3.8) is 0 Å². The Kier molecular flexibility index (Phi) is 2.45. The van der Waals surface area contributed by atoms with Gasteiger partial charge in [-0.2, -0.15) is 0 Å². The zero-order chi connectivity index (χ0) is 13.9. The number of rotatable bonds is 2. The number of hydrogen-bond donors (Lipinski definition) is 0. The zero-order valence-corrected chi connectivity index (χ0v) is 11.7. The fourth-order valence-corrected chi connectivity index (χ4v) is 5.59. The van der Waals surface area contributed by atoms with Gasteiger partial charge in [-0.25, -0.2) is 4.79 Å². The van der Waals surface area contributed by atoms with Gasteiger partial charge in [-0.1, -0.05) is 5.92 Å². The van der Waals surface area contributed by atoms with E-state index in [1.165, 1.54) is 24.2 Å². The lowest BCUT2D eigenvalue weighted by molar-refractivity contribution is -0.138. The van der Waals surface area contributed by atoms with Crippen molar-refractivity contribution in [2.24, 2.45) is 17.8 Å². The van der Waals surface area contributed by atoms with Gasteiger partial charge in [0.2, 0.25) is 0 Å². The maximum atomic E-state index is 12.6. The molecule has 5 rings (SSSR count). The van der Waals surface area contributed by atoms with Gasteiger partial charge in [0.25, 0.3) is 5.91 Å². The fraction of sp³-hybridized carbons (Fsp3) is 0.750. The highest BCUT2D eigenvalue weighted by Crippen LogP contribution is 2.58. The molecule has 0 aromatic carbocycles. The quantitative estimate of drug-likeness (QED) is 0.568. The van der Waals surface area contributed by atoms with Crippen molar-refractivity contribution in [2.45, 2.75) is 44.1 Å². The Labute approximate surface area is 119 Å². The molecule has 0 spiro atoms. The van der Waals surface area contributed by atoms with E-state index >= 15 is 0 Å². The van der Waals surface area contributed by atoms with Crippen LogP contribution in [0.1, 0.15) is 38.5 Å². The predicted octanol–water partition coefficient (Wildman–Crippen LogP) is 1.85. The Balaban J connectivity index is 1.65. The first-order chi connectivity index (χ1) is 9.61. The molecule has 0 radical (unpaired) electrons. The third kappa shape index (κ3) is 1.55. The minimum absolute atomic E-state index is 0.0350. The van der Waals surface area contributed by atoms with Gasteiger partial charge in [-0.05, 0) is 56.3 Å². The van der Waals surface area contributed by atoms with Crippen molar-refractivity contribution in [1.82, 2.24) is 9.80 Å². The van der Waals surface area contributed by atoms with Gasteiger partial charge < -0.3 is 4.90 Å². The molecule has 0 atom stereocenters. The summed E-state index contributed by atoms with van der Waals surface area (Å²) in [7, 11) is 0. The lowest BCUT2D eigenvalue weighted by Gasteiger charge is -2.58. The van der Waals surface area contributed by atoms with Crippen molar-refractivity contribution >= 4 is 11.9 Å². The van der Waals surface area contributed by atoms with Gasteiger partial charge in [0.05, 0.1) is 12.1 Å². The first-order valence-corrected chi connectivity index (χ1v) is 7.67. The molecule has 0 unspecified atom stereocenters. The summed E-state index contributed by atoms with van der Waals surface area (Å²) in [5.41, 5.74) is -0.174. The van der Waals surface area contributed by atoms with E-state index in [0.29, 0.717) is 0 Å². The van der Waals surface area contributed by atoms with Crippen LogP contribution in [0, 0.1) is 30.1 Å². The Hall–Kier alpha value is -1.50. The second-order valence-corrected chi connectivity index (χ2v) is 7.21. The molecule has 1 heterocycles. The third-order valence-electron chi connectivity index (χ3n) is 5.80. The molecular formula is C16H20N2O2. The maximum Gasteiger partial charge on any atom is 0.328 e. The highest BCUT2D eigenvalue weighted by atomic mass is 16.2. The van der Waals surface area contributed by atoms with Crippen LogP contribution in [0.15, 0.2) is 0 Å². The van der Waals surface area contributed by atoms with Gasteiger partial charge in [-0.15, -0.1) is 6.42 Å². The Morgan fingerprint density at radius 1 is 1.10 bits per heavy atom. The van der Waals surface area contributed by atoms with Crippen LogP contribution in [0.25, 0.3) is 0 Å². The van der Waals surface area contributed by atoms with Crippen LogP contribution in [-0.4, -0.2) is 40.4 Å². The van der Waals surface area contributed by atoms with E-state index in [0.717, 1.165) is 37.0 Å². The van der Waals surface area contributed by atoms with E-state index in [4.69, 9.17) is 6.42 Å². The molecule has 106 valence electrons. The standard InChI is InChI=1S/C16H20N2O2/c1-2-3-17-10-14(19)18(15(17)20)16-7-11-4-12(8-16)6-13(5-11)9-16/h1,11-13H,3-10H2. The van der Waals surface area contributed by atoms with Crippen molar-refractivity contribution in [1.29, 1.82) is 0 Å². The number of terminal acetylenes is 1. The van der Waals surface area contributed by atoms with Gasteiger partial charge in [0.1, 0.15) is 6.54 Å². The highest BCUT2D eigenvalue weighted by Gasteiger charge is 2.58. The van der Waals surface area contributed by atoms with E-state index in [1.807, 2.05) is 0 Å². The van der Waals surface area contributed by atoms with Crippen molar-refractivity contribution in [2.75, 3.05) is 13.1 Å². The molecule has 5 fully saturated rings. The number of urea groups is 1. The molecule has 0 aromatic rings. The normalized spacial score (nSPS) is 42.5. The summed E-state index contributed by atoms with van der Waals surface area (Å²) >= 11 is 0. The zero-order valence-electron chi connectivity index (χ0n) is 11.7. The monoisotopic (exact) mass is 272 g/mol. The molecule has 4 nitrogen and oxygen atoms in total. The second kappa shape index (κ2) is 4.00. The van der Waals surface area contributed by atoms with Gasteiger partial charge in [0.15, 0.2) is 0 Å². The molecule has 3 amide bonds. The predicted molar refractivity (Wildman–Crippen MR) is 73.6 cm³/mol. The summed E-state index contributed by atoms with van der Waals surface area (Å²) in [5, 5.41) is 0. The largest absolute Gasteiger partial charge is 0.328 e. The molecule has 1 saturated heterocycles. The lowest BCUT2D eigenvalue weighted by atomic mass is 9.52. The molecular weight excluding hydrogens is 252 g/mol. The summed E-state index contributed by atoms with van der Waals surface area (Å²) in [6.45, 7) is 0.415. The molecule has 0 aromatic heterocycles. The molecule has 0 N–H and O–H groups in total. The van der Waals surface area contributed by atoms with Crippen LogP contribution in [0.5, 0.6) is 0 Å². The molecule has 4 saturated carbocycles. The summed E-state index contributed by atoms with van der Waals surface area (Å²) < 4.78 is 0. The average molecular weight is 272 g/mol. The van der Waals surface area contributed by atoms with Crippen LogP contribution < -0.4 is 0 Å². The van der Waals surface area contributed by atoms with Crippen LogP contribution in [-0.2, 0) is 4.79 Å². The molecule has 1 aliphatic heterocycles. The summed E-state index contributed by atoms with van der Waals surface area (Å²) in [4.78, 5) is 28.1. The van der Waals surface area contributed by atoms with E-state index in [1.54, 1.807) is 4.90 Å². The lowest BCUT2D eigenvalue weighted by Crippen LogP contribution is -2.61. The van der Waals surface area contributed by atoms with Crippen LogP contribution in [0.3, 0.4) is 0 Å². The molecule has 4 heteroatoms. The van der Waals surface area contributed by atoms with E-state index in [-0.39, 0.29) is 30.6 Å². The van der Waals surface area contributed by atoms with E-state index < -0.39 is 0 Å². The Morgan fingerprint density at radius 2 is 1.65 bits per heavy atom. The van der Waals surface area contributed by atoms with Crippen molar-refractivity contribution < 1.29 is 9.59 Å². The fourth-order valence-electron chi connectivity index (χ4n) is 5.59. The van der Waals surface area contributed by atoms with Gasteiger partial charge >= 0.3 is 6.03 Å². The number of carbonyl (C=O) groups is 2. The third-order valence-corrected chi connectivity index (χ3v) is 5.80. The number of nitrogens with zero attached hydrogens (tertiary/aromatic N) is 2. The molecule has 5 aliphatic rings. The van der Waals surface area contributed by atoms with Gasteiger partial charge in [0, 0.05) is 0 Å². The average Bonchev–Trinajstić information content (AvgIpc) is 2.63. The van der Waals surface area contributed by atoms with E-state index in [9.17, 15) is 9.59 Å². The first kappa shape index (κ1) is 12.3. The molecule has 4 bridgehead atoms. The number of carbonyl (C=O) groups excluding carboxylic acids is 2. The van der Waals surface area contributed by atoms with Crippen LogP contribution in [0.2, 0.25) is 0 Å². The van der Waals surface area contributed by atoms with E-state index in [2.05, 4.69) is 5.92 Å². The summed E-state index contributed by atoms with van der Waals surface area (Å²) in [6, 6.07) is -0.144. The SMILES string of the molecule is C#CCN1CC(=O)N(C23CC4CC(CC(C4)C2)C3)C1=O. The molecule has 20 heavy (non-hydrogen) atoms. The minimum atomic E-state index is -0.174.